The molecule has 2 aromatic carbocycles. The SMILES string of the molecule is CCCN(CCC)c1cccc(OCN(CC(C)=O)c2cccc(C(=O)O)c2)c1. The number of carboxylic acid groups (broad SMARTS) is 1. The Bertz CT molecular complexity index is 816. The lowest BCUT2D eigenvalue weighted by Crippen LogP contribution is -2.32. The summed E-state index contributed by atoms with van der Waals surface area (Å²) in [6.45, 7) is 8.07. The molecule has 0 aliphatic rings. The predicted molar refractivity (Wildman–Crippen MR) is 116 cm³/mol. The molecule has 0 saturated carbocycles. The molecular weight excluding hydrogens is 368 g/mol. The molecule has 0 aliphatic heterocycles. The Hall–Kier alpha value is -3.02. The third kappa shape index (κ3) is 6.82. The van der Waals surface area contributed by atoms with Crippen LogP contribution in [0.25, 0.3) is 0 Å². The van der Waals surface area contributed by atoms with Crippen LogP contribution in [-0.4, -0.2) is 43.2 Å². The summed E-state index contributed by atoms with van der Waals surface area (Å²) in [5, 5.41) is 9.23. The zero-order chi connectivity index (χ0) is 21.2. The highest BCUT2D eigenvalue weighted by Gasteiger charge is 2.13. The number of ether oxygens (including phenoxy) is 1. The molecule has 2 rings (SSSR count). The zero-order valence-corrected chi connectivity index (χ0v) is 17.4. The van der Waals surface area contributed by atoms with Gasteiger partial charge in [0.1, 0.15) is 11.5 Å². The number of rotatable bonds is 12. The molecule has 0 unspecified atom stereocenters. The Morgan fingerprint density at radius 3 is 2.14 bits per heavy atom. The lowest BCUT2D eigenvalue weighted by atomic mass is 10.2. The summed E-state index contributed by atoms with van der Waals surface area (Å²) < 4.78 is 5.97. The van der Waals surface area contributed by atoms with Crippen LogP contribution in [0.5, 0.6) is 5.75 Å². The Labute approximate surface area is 172 Å². The van der Waals surface area contributed by atoms with Gasteiger partial charge in [-0.2, -0.15) is 0 Å². The number of anilines is 2. The van der Waals surface area contributed by atoms with Crippen molar-refractivity contribution >= 4 is 23.1 Å². The summed E-state index contributed by atoms with van der Waals surface area (Å²) in [5.41, 5.74) is 1.92. The summed E-state index contributed by atoms with van der Waals surface area (Å²) in [4.78, 5) is 27.1. The molecular formula is C23H30N2O4. The molecule has 0 atom stereocenters. The van der Waals surface area contributed by atoms with Gasteiger partial charge in [-0.1, -0.05) is 26.0 Å². The molecule has 1 N–H and O–H groups in total. The number of benzene rings is 2. The van der Waals surface area contributed by atoms with Gasteiger partial charge in [-0.05, 0) is 50.1 Å². The van der Waals surface area contributed by atoms with Crippen LogP contribution in [0.4, 0.5) is 11.4 Å². The fourth-order valence-corrected chi connectivity index (χ4v) is 3.15. The Kier molecular flexibility index (Phi) is 8.52. The van der Waals surface area contributed by atoms with Gasteiger partial charge in [0, 0.05) is 30.5 Å². The number of ketones is 1. The number of carbonyl (C=O) groups excluding carboxylic acids is 1. The van der Waals surface area contributed by atoms with Crippen molar-refractivity contribution in [2.45, 2.75) is 33.6 Å². The van der Waals surface area contributed by atoms with Gasteiger partial charge >= 0.3 is 5.97 Å². The molecule has 0 bridgehead atoms. The van der Waals surface area contributed by atoms with E-state index in [4.69, 9.17) is 4.74 Å². The first-order valence-corrected chi connectivity index (χ1v) is 10.00. The minimum atomic E-state index is -1.00. The fourth-order valence-electron chi connectivity index (χ4n) is 3.15. The van der Waals surface area contributed by atoms with E-state index in [2.05, 4.69) is 24.8 Å². The van der Waals surface area contributed by atoms with Crippen molar-refractivity contribution in [2.24, 2.45) is 0 Å². The van der Waals surface area contributed by atoms with E-state index in [0.717, 1.165) is 31.6 Å². The van der Waals surface area contributed by atoms with E-state index in [1.165, 1.54) is 13.0 Å². The van der Waals surface area contributed by atoms with E-state index < -0.39 is 5.97 Å². The van der Waals surface area contributed by atoms with Crippen LogP contribution in [0.2, 0.25) is 0 Å². The molecule has 156 valence electrons. The number of hydrogen-bond acceptors (Lipinski definition) is 5. The summed E-state index contributed by atoms with van der Waals surface area (Å²) in [6, 6.07) is 14.4. The summed E-state index contributed by atoms with van der Waals surface area (Å²) in [5.74, 6) is -0.321. The van der Waals surface area contributed by atoms with E-state index >= 15 is 0 Å². The number of nitrogens with zero attached hydrogens (tertiary/aromatic N) is 2. The van der Waals surface area contributed by atoms with Gasteiger partial charge in [-0.25, -0.2) is 4.79 Å². The second-order valence-electron chi connectivity index (χ2n) is 7.01. The topological polar surface area (TPSA) is 70.1 Å². The number of aromatic carboxylic acids is 1. The van der Waals surface area contributed by atoms with Gasteiger partial charge in [0.25, 0.3) is 0 Å². The van der Waals surface area contributed by atoms with Crippen LogP contribution in [0.15, 0.2) is 48.5 Å². The van der Waals surface area contributed by atoms with Gasteiger partial charge in [-0.3, -0.25) is 4.79 Å². The molecule has 0 spiro atoms. The fraction of sp³-hybridized carbons (Fsp3) is 0.391. The van der Waals surface area contributed by atoms with E-state index in [9.17, 15) is 14.7 Å². The van der Waals surface area contributed by atoms with Crippen molar-refractivity contribution in [1.82, 2.24) is 0 Å². The highest BCUT2D eigenvalue weighted by molar-refractivity contribution is 5.89. The first kappa shape index (κ1) is 22.3. The average molecular weight is 399 g/mol. The van der Waals surface area contributed by atoms with Crippen LogP contribution in [-0.2, 0) is 4.79 Å². The zero-order valence-electron chi connectivity index (χ0n) is 17.4. The third-order valence-electron chi connectivity index (χ3n) is 4.43. The Morgan fingerprint density at radius 2 is 1.55 bits per heavy atom. The average Bonchev–Trinajstić information content (AvgIpc) is 2.71. The summed E-state index contributed by atoms with van der Waals surface area (Å²) >= 11 is 0. The van der Waals surface area contributed by atoms with Crippen molar-refractivity contribution in [3.63, 3.8) is 0 Å². The van der Waals surface area contributed by atoms with Gasteiger partial charge in [0.2, 0.25) is 0 Å². The molecule has 2 aromatic rings. The van der Waals surface area contributed by atoms with E-state index in [-0.39, 0.29) is 24.6 Å². The molecule has 6 heteroatoms. The lowest BCUT2D eigenvalue weighted by Gasteiger charge is -2.26. The Morgan fingerprint density at radius 1 is 0.931 bits per heavy atom. The molecule has 0 aromatic heterocycles. The van der Waals surface area contributed by atoms with Crippen LogP contribution >= 0.6 is 0 Å². The van der Waals surface area contributed by atoms with Crippen LogP contribution in [0.3, 0.4) is 0 Å². The maximum absolute atomic E-state index is 11.7. The van der Waals surface area contributed by atoms with Crippen LogP contribution in [0.1, 0.15) is 44.0 Å². The third-order valence-corrected chi connectivity index (χ3v) is 4.43. The van der Waals surface area contributed by atoms with Gasteiger partial charge in [0.05, 0.1) is 12.1 Å². The smallest absolute Gasteiger partial charge is 0.335 e. The predicted octanol–water partition coefficient (Wildman–Crippen LogP) is 4.44. The molecule has 0 heterocycles. The number of hydrogen-bond donors (Lipinski definition) is 1. The highest BCUT2D eigenvalue weighted by atomic mass is 16.5. The standard InChI is InChI=1S/C23H30N2O4/c1-4-12-24(13-5-2)21-10-7-11-22(15-21)29-17-25(16-18(3)26)20-9-6-8-19(14-20)23(27)28/h6-11,14-15H,4-5,12-13,16-17H2,1-3H3,(H,27,28). The monoisotopic (exact) mass is 398 g/mol. The molecule has 0 fully saturated rings. The molecule has 0 amide bonds. The molecule has 0 aliphatic carbocycles. The van der Waals surface area contributed by atoms with Crippen molar-refractivity contribution in [3.05, 3.63) is 54.1 Å². The molecule has 0 radical (unpaired) electrons. The first-order chi connectivity index (χ1) is 13.9. The number of Topliss-reactive ketones (excluding diaryl/α,β-unsaturated/α-hetero) is 1. The molecule has 0 saturated heterocycles. The minimum absolute atomic E-state index is 0.0276. The molecule has 6 nitrogen and oxygen atoms in total. The minimum Gasteiger partial charge on any atom is -0.478 e. The summed E-state index contributed by atoms with van der Waals surface area (Å²) in [6.07, 6.45) is 2.13. The second-order valence-corrected chi connectivity index (χ2v) is 7.01. The quantitative estimate of drug-likeness (QED) is 0.533. The van der Waals surface area contributed by atoms with Gasteiger partial charge in [0.15, 0.2) is 6.73 Å². The van der Waals surface area contributed by atoms with Crippen LogP contribution < -0.4 is 14.5 Å². The van der Waals surface area contributed by atoms with Crippen molar-refractivity contribution in [1.29, 1.82) is 0 Å². The van der Waals surface area contributed by atoms with Crippen LogP contribution in [0, 0.1) is 0 Å². The Balaban J connectivity index is 2.17. The van der Waals surface area contributed by atoms with Crippen molar-refractivity contribution in [2.75, 3.05) is 36.2 Å². The van der Waals surface area contributed by atoms with E-state index in [1.807, 2.05) is 18.2 Å². The van der Waals surface area contributed by atoms with Crippen molar-refractivity contribution in [3.8, 4) is 5.75 Å². The first-order valence-electron chi connectivity index (χ1n) is 10.00. The van der Waals surface area contributed by atoms with Crippen molar-refractivity contribution < 1.29 is 19.4 Å². The maximum Gasteiger partial charge on any atom is 0.335 e. The maximum atomic E-state index is 11.7. The van der Waals surface area contributed by atoms with E-state index in [1.54, 1.807) is 23.1 Å². The van der Waals surface area contributed by atoms with E-state index in [0.29, 0.717) is 11.4 Å². The largest absolute Gasteiger partial charge is 0.478 e. The number of carbonyl (C=O) groups is 2. The second kappa shape index (κ2) is 11.1. The highest BCUT2D eigenvalue weighted by Crippen LogP contribution is 2.23. The molecule has 29 heavy (non-hydrogen) atoms. The van der Waals surface area contributed by atoms with Gasteiger partial charge in [-0.15, -0.1) is 0 Å². The van der Waals surface area contributed by atoms with Gasteiger partial charge < -0.3 is 19.6 Å². The normalized spacial score (nSPS) is 10.4. The summed E-state index contributed by atoms with van der Waals surface area (Å²) in [7, 11) is 0. The lowest BCUT2D eigenvalue weighted by molar-refractivity contribution is -0.115. The number of carboxylic acids is 1.